The van der Waals surface area contributed by atoms with Gasteiger partial charge in [-0.05, 0) is 36.6 Å². The number of halogens is 1. The van der Waals surface area contributed by atoms with Crippen molar-refractivity contribution in [3.8, 4) is 0 Å². The Kier molecular flexibility index (Phi) is 5.93. The number of carbonyl (C=O) groups excluding carboxylic acids is 2. The van der Waals surface area contributed by atoms with E-state index in [1.54, 1.807) is 12.1 Å². The van der Waals surface area contributed by atoms with Crippen LogP contribution < -0.4 is 16.0 Å². The SMILES string of the molecule is O=C(NCCNC(=O)c1cccc(Br)c1)NCC1(c2ccccc2)CC1. The Morgan fingerprint density at radius 1 is 0.923 bits per heavy atom. The molecule has 0 bridgehead atoms. The van der Waals surface area contributed by atoms with Crippen molar-refractivity contribution in [2.45, 2.75) is 18.3 Å². The molecule has 0 atom stereocenters. The van der Waals surface area contributed by atoms with E-state index in [4.69, 9.17) is 0 Å². The van der Waals surface area contributed by atoms with Crippen molar-refractivity contribution in [1.29, 1.82) is 0 Å². The first kappa shape index (κ1) is 18.5. The van der Waals surface area contributed by atoms with E-state index in [-0.39, 0.29) is 17.4 Å². The lowest BCUT2D eigenvalue weighted by atomic mass is 9.96. The maximum absolute atomic E-state index is 12.0. The molecular formula is C20H22BrN3O2. The molecule has 0 heterocycles. The average molecular weight is 416 g/mol. The van der Waals surface area contributed by atoms with Crippen LogP contribution in [0.1, 0.15) is 28.8 Å². The molecule has 3 amide bonds. The van der Waals surface area contributed by atoms with Gasteiger partial charge in [-0.1, -0.05) is 52.3 Å². The molecule has 26 heavy (non-hydrogen) atoms. The Labute approximate surface area is 161 Å². The molecule has 2 aromatic carbocycles. The predicted octanol–water partition coefficient (Wildman–Crippen LogP) is 3.21. The summed E-state index contributed by atoms with van der Waals surface area (Å²) in [5.74, 6) is -0.158. The van der Waals surface area contributed by atoms with E-state index < -0.39 is 0 Å². The van der Waals surface area contributed by atoms with Gasteiger partial charge >= 0.3 is 6.03 Å². The number of hydrogen-bond donors (Lipinski definition) is 3. The number of hydrogen-bond acceptors (Lipinski definition) is 2. The van der Waals surface area contributed by atoms with Gasteiger partial charge in [-0.15, -0.1) is 0 Å². The van der Waals surface area contributed by atoms with Crippen molar-refractivity contribution in [3.05, 3.63) is 70.2 Å². The summed E-state index contributed by atoms with van der Waals surface area (Å²) in [5, 5.41) is 8.51. The Bertz CT molecular complexity index is 776. The van der Waals surface area contributed by atoms with Gasteiger partial charge in [0.2, 0.25) is 0 Å². The highest BCUT2D eigenvalue weighted by Crippen LogP contribution is 2.47. The van der Waals surface area contributed by atoms with Gasteiger partial charge in [0.1, 0.15) is 0 Å². The first-order valence-corrected chi connectivity index (χ1v) is 9.49. The van der Waals surface area contributed by atoms with Crippen molar-refractivity contribution in [2.75, 3.05) is 19.6 Å². The smallest absolute Gasteiger partial charge is 0.314 e. The zero-order chi connectivity index (χ0) is 18.4. The predicted molar refractivity (Wildman–Crippen MR) is 105 cm³/mol. The minimum atomic E-state index is -0.205. The van der Waals surface area contributed by atoms with Crippen molar-refractivity contribution >= 4 is 27.9 Å². The maximum atomic E-state index is 12.0. The molecule has 0 saturated heterocycles. The minimum absolute atomic E-state index is 0.0908. The first-order valence-electron chi connectivity index (χ1n) is 8.70. The van der Waals surface area contributed by atoms with E-state index in [0.717, 1.165) is 17.3 Å². The summed E-state index contributed by atoms with van der Waals surface area (Å²) in [6, 6.07) is 17.3. The van der Waals surface area contributed by atoms with Crippen molar-refractivity contribution in [2.24, 2.45) is 0 Å². The molecule has 0 unspecified atom stereocenters. The van der Waals surface area contributed by atoms with Crippen molar-refractivity contribution in [1.82, 2.24) is 16.0 Å². The topological polar surface area (TPSA) is 70.2 Å². The quantitative estimate of drug-likeness (QED) is 0.607. The Hall–Kier alpha value is -2.34. The third-order valence-corrected chi connectivity index (χ3v) is 5.10. The first-order chi connectivity index (χ1) is 12.6. The Morgan fingerprint density at radius 3 is 2.35 bits per heavy atom. The largest absolute Gasteiger partial charge is 0.350 e. The second-order valence-electron chi connectivity index (χ2n) is 6.52. The molecule has 0 spiro atoms. The van der Waals surface area contributed by atoms with Crippen LogP contribution in [0.15, 0.2) is 59.1 Å². The molecule has 0 aliphatic heterocycles. The molecule has 1 aliphatic rings. The van der Waals surface area contributed by atoms with Crippen LogP contribution in [0.4, 0.5) is 4.79 Å². The van der Waals surface area contributed by atoms with Crippen LogP contribution in [0.25, 0.3) is 0 Å². The summed E-state index contributed by atoms with van der Waals surface area (Å²) in [7, 11) is 0. The molecular weight excluding hydrogens is 394 g/mol. The normalized spacial score (nSPS) is 14.3. The van der Waals surface area contributed by atoms with Crippen LogP contribution in [-0.2, 0) is 5.41 Å². The molecule has 0 aromatic heterocycles. The fourth-order valence-corrected chi connectivity index (χ4v) is 3.31. The number of carbonyl (C=O) groups is 2. The van der Waals surface area contributed by atoms with Gasteiger partial charge in [0.05, 0.1) is 0 Å². The summed E-state index contributed by atoms with van der Waals surface area (Å²) in [6.45, 7) is 1.39. The summed E-state index contributed by atoms with van der Waals surface area (Å²) in [6.07, 6.45) is 2.19. The van der Waals surface area contributed by atoms with Crippen LogP contribution >= 0.6 is 15.9 Å². The van der Waals surface area contributed by atoms with Gasteiger partial charge in [-0.2, -0.15) is 0 Å². The van der Waals surface area contributed by atoms with Crippen LogP contribution in [0.5, 0.6) is 0 Å². The minimum Gasteiger partial charge on any atom is -0.350 e. The second-order valence-corrected chi connectivity index (χ2v) is 7.44. The lowest BCUT2D eigenvalue weighted by Gasteiger charge is -2.17. The van der Waals surface area contributed by atoms with Gasteiger partial charge in [0, 0.05) is 35.1 Å². The molecule has 1 saturated carbocycles. The molecule has 6 heteroatoms. The molecule has 5 nitrogen and oxygen atoms in total. The van der Waals surface area contributed by atoms with Gasteiger partial charge < -0.3 is 16.0 Å². The van der Waals surface area contributed by atoms with E-state index in [0.29, 0.717) is 25.2 Å². The van der Waals surface area contributed by atoms with Crippen LogP contribution in [0.3, 0.4) is 0 Å². The molecule has 3 rings (SSSR count). The third kappa shape index (κ3) is 4.85. The summed E-state index contributed by atoms with van der Waals surface area (Å²) in [4.78, 5) is 24.0. The van der Waals surface area contributed by atoms with Crippen molar-refractivity contribution < 1.29 is 9.59 Å². The summed E-state index contributed by atoms with van der Waals surface area (Å²) >= 11 is 3.34. The molecule has 2 aromatic rings. The molecule has 3 N–H and O–H groups in total. The fraction of sp³-hybridized carbons (Fsp3) is 0.300. The third-order valence-electron chi connectivity index (χ3n) is 4.61. The number of nitrogens with one attached hydrogen (secondary N) is 3. The van der Waals surface area contributed by atoms with E-state index in [2.05, 4.69) is 44.0 Å². The summed E-state index contributed by atoms with van der Waals surface area (Å²) in [5.41, 5.74) is 1.96. The van der Waals surface area contributed by atoms with Gasteiger partial charge in [0.15, 0.2) is 0 Å². The zero-order valence-electron chi connectivity index (χ0n) is 14.4. The Balaban J connectivity index is 1.35. The van der Waals surface area contributed by atoms with Crippen LogP contribution in [0.2, 0.25) is 0 Å². The molecule has 0 radical (unpaired) electrons. The van der Waals surface area contributed by atoms with Crippen molar-refractivity contribution in [3.63, 3.8) is 0 Å². The van der Waals surface area contributed by atoms with E-state index in [1.165, 1.54) is 5.56 Å². The van der Waals surface area contributed by atoms with Gasteiger partial charge in [0.25, 0.3) is 5.91 Å². The number of benzene rings is 2. The maximum Gasteiger partial charge on any atom is 0.314 e. The van der Waals surface area contributed by atoms with E-state index in [9.17, 15) is 9.59 Å². The van der Waals surface area contributed by atoms with Gasteiger partial charge in [-0.3, -0.25) is 4.79 Å². The molecule has 1 fully saturated rings. The zero-order valence-corrected chi connectivity index (χ0v) is 16.0. The van der Waals surface area contributed by atoms with E-state index >= 15 is 0 Å². The lowest BCUT2D eigenvalue weighted by Crippen LogP contribution is -2.42. The van der Waals surface area contributed by atoms with Crippen LogP contribution in [0, 0.1) is 0 Å². The lowest BCUT2D eigenvalue weighted by molar-refractivity contribution is 0.0953. The Morgan fingerprint density at radius 2 is 1.65 bits per heavy atom. The number of amides is 3. The summed E-state index contributed by atoms with van der Waals surface area (Å²) < 4.78 is 0.857. The van der Waals surface area contributed by atoms with E-state index in [1.807, 2.05) is 30.3 Å². The average Bonchev–Trinajstić information content (AvgIpc) is 3.45. The number of rotatable bonds is 7. The fourth-order valence-electron chi connectivity index (χ4n) is 2.91. The highest BCUT2D eigenvalue weighted by atomic mass is 79.9. The second kappa shape index (κ2) is 8.36. The standard InChI is InChI=1S/C20H22BrN3O2/c21-17-8-4-5-15(13-17)18(25)22-11-12-23-19(26)24-14-20(9-10-20)16-6-2-1-3-7-16/h1-8,13H,9-12,14H2,(H,22,25)(H2,23,24,26). The highest BCUT2D eigenvalue weighted by Gasteiger charge is 2.44. The molecule has 1 aliphatic carbocycles. The highest BCUT2D eigenvalue weighted by molar-refractivity contribution is 9.10. The van der Waals surface area contributed by atoms with Crippen LogP contribution in [-0.4, -0.2) is 31.6 Å². The van der Waals surface area contributed by atoms with Gasteiger partial charge in [-0.25, -0.2) is 4.79 Å². The molecule has 136 valence electrons. The number of urea groups is 1. The monoisotopic (exact) mass is 415 g/mol.